The van der Waals surface area contributed by atoms with Crippen molar-refractivity contribution in [2.24, 2.45) is 11.8 Å². The van der Waals surface area contributed by atoms with Gasteiger partial charge in [0.25, 0.3) is 5.91 Å². The molecule has 4 saturated carbocycles. The maximum absolute atomic E-state index is 12.9. The summed E-state index contributed by atoms with van der Waals surface area (Å²) in [6, 6.07) is 5.59. The first-order valence-electron chi connectivity index (χ1n) is 12.6. The van der Waals surface area contributed by atoms with Gasteiger partial charge in [-0.25, -0.2) is 0 Å². The normalized spacial score (nSPS) is 31.8. The van der Waals surface area contributed by atoms with Gasteiger partial charge in [-0.2, -0.15) is 0 Å². The molecule has 0 saturated heterocycles. The summed E-state index contributed by atoms with van der Waals surface area (Å²) in [5.41, 5.74) is 0.780. The minimum atomic E-state index is -0.0229. The minimum Gasteiger partial charge on any atom is -0.345 e. The summed E-state index contributed by atoms with van der Waals surface area (Å²) >= 11 is 0. The van der Waals surface area contributed by atoms with Crippen LogP contribution in [0.2, 0.25) is 0 Å². The van der Waals surface area contributed by atoms with Crippen molar-refractivity contribution in [3.8, 4) is 0 Å². The van der Waals surface area contributed by atoms with Crippen molar-refractivity contribution in [2.75, 3.05) is 6.54 Å². The number of aromatic nitrogens is 1. The van der Waals surface area contributed by atoms with E-state index in [0.29, 0.717) is 5.69 Å². The van der Waals surface area contributed by atoms with Crippen LogP contribution in [-0.2, 0) is 0 Å². The van der Waals surface area contributed by atoms with Gasteiger partial charge in [0.1, 0.15) is 5.69 Å². The molecule has 4 bridgehead atoms. The standard InChI is InChI=1S/C26H41N3O/c1-2-3-4-5-6-7-8-10-14-28-25-16-21-15-22(17-25)19-26(18-21,20-25)29-24(30)23-12-9-11-13-27-23/h9,11-13,21-22,28H,2-8,10,14-20H2,1H3,(H,29,30). The molecule has 4 fully saturated rings. The van der Waals surface area contributed by atoms with Crippen LogP contribution in [0.15, 0.2) is 24.4 Å². The largest absolute Gasteiger partial charge is 0.345 e. The summed E-state index contributed by atoms with van der Waals surface area (Å²) in [5.74, 6) is 1.54. The molecule has 166 valence electrons. The molecule has 4 aliphatic carbocycles. The van der Waals surface area contributed by atoms with E-state index in [1.807, 2.05) is 18.2 Å². The molecule has 1 amide bonds. The third-order valence-electron chi connectivity index (χ3n) is 7.87. The topological polar surface area (TPSA) is 54.0 Å². The molecule has 5 rings (SSSR count). The van der Waals surface area contributed by atoms with E-state index >= 15 is 0 Å². The Balaban J connectivity index is 1.27. The number of hydrogen-bond donors (Lipinski definition) is 2. The Morgan fingerprint density at radius 3 is 2.30 bits per heavy atom. The zero-order chi connectivity index (χ0) is 20.9. The highest BCUT2D eigenvalue weighted by Gasteiger charge is 2.58. The molecular formula is C26H41N3O. The van der Waals surface area contributed by atoms with E-state index in [2.05, 4.69) is 22.5 Å². The van der Waals surface area contributed by atoms with Crippen LogP contribution in [0, 0.1) is 11.8 Å². The van der Waals surface area contributed by atoms with Crippen LogP contribution in [0.1, 0.15) is 107 Å². The van der Waals surface area contributed by atoms with Gasteiger partial charge in [0, 0.05) is 17.3 Å². The maximum Gasteiger partial charge on any atom is 0.270 e. The van der Waals surface area contributed by atoms with Crippen molar-refractivity contribution in [3.63, 3.8) is 0 Å². The van der Waals surface area contributed by atoms with Crippen LogP contribution in [-0.4, -0.2) is 28.5 Å². The van der Waals surface area contributed by atoms with E-state index in [1.54, 1.807) is 6.20 Å². The third kappa shape index (κ3) is 5.25. The summed E-state index contributed by atoms with van der Waals surface area (Å²) in [5, 5.41) is 7.47. The van der Waals surface area contributed by atoms with Gasteiger partial charge in [-0.3, -0.25) is 9.78 Å². The van der Waals surface area contributed by atoms with Crippen LogP contribution in [0.4, 0.5) is 0 Å². The first kappa shape index (κ1) is 21.8. The summed E-state index contributed by atoms with van der Waals surface area (Å²) in [4.78, 5) is 17.1. The fourth-order valence-corrected chi connectivity index (χ4v) is 7.03. The number of hydrogen-bond acceptors (Lipinski definition) is 3. The SMILES string of the molecule is CCCCCCCCCCNC12CC3CC(C1)CC(NC(=O)c1ccccn1)(C3)C2. The predicted octanol–water partition coefficient (Wildman–Crippen LogP) is 5.63. The highest BCUT2D eigenvalue weighted by Crippen LogP contribution is 2.57. The predicted molar refractivity (Wildman–Crippen MR) is 122 cm³/mol. The lowest BCUT2D eigenvalue weighted by atomic mass is 9.50. The van der Waals surface area contributed by atoms with Crippen molar-refractivity contribution < 1.29 is 4.79 Å². The number of nitrogens with one attached hydrogen (secondary N) is 2. The molecule has 1 aromatic heterocycles. The van der Waals surface area contributed by atoms with Gasteiger partial charge < -0.3 is 10.6 Å². The van der Waals surface area contributed by atoms with E-state index < -0.39 is 0 Å². The van der Waals surface area contributed by atoms with Gasteiger partial charge in [0.2, 0.25) is 0 Å². The van der Waals surface area contributed by atoms with Crippen LogP contribution < -0.4 is 10.6 Å². The average molecular weight is 412 g/mol. The lowest BCUT2D eigenvalue weighted by Crippen LogP contribution is -2.69. The quantitative estimate of drug-likeness (QED) is 0.438. The lowest BCUT2D eigenvalue weighted by molar-refractivity contribution is -0.0483. The molecule has 0 aromatic carbocycles. The molecule has 0 spiro atoms. The zero-order valence-electron chi connectivity index (χ0n) is 18.9. The van der Waals surface area contributed by atoms with Crippen molar-refractivity contribution >= 4 is 5.91 Å². The highest BCUT2D eigenvalue weighted by molar-refractivity contribution is 5.92. The van der Waals surface area contributed by atoms with E-state index in [0.717, 1.165) is 37.6 Å². The number of rotatable bonds is 12. The fourth-order valence-electron chi connectivity index (χ4n) is 7.03. The molecule has 0 radical (unpaired) electrons. The monoisotopic (exact) mass is 411 g/mol. The molecule has 4 heteroatoms. The van der Waals surface area contributed by atoms with Gasteiger partial charge in [-0.05, 0) is 75.5 Å². The Morgan fingerprint density at radius 2 is 1.63 bits per heavy atom. The Labute approximate surface area is 183 Å². The Kier molecular flexibility index (Phi) is 7.12. The van der Waals surface area contributed by atoms with Crippen LogP contribution >= 0.6 is 0 Å². The van der Waals surface area contributed by atoms with Gasteiger partial charge in [0.15, 0.2) is 0 Å². The Hall–Kier alpha value is -1.42. The number of pyridine rings is 1. The number of amides is 1. The van der Waals surface area contributed by atoms with Crippen LogP contribution in [0.25, 0.3) is 0 Å². The molecule has 2 N–H and O–H groups in total. The van der Waals surface area contributed by atoms with Gasteiger partial charge >= 0.3 is 0 Å². The number of unbranched alkanes of at least 4 members (excludes halogenated alkanes) is 7. The minimum absolute atomic E-state index is 0.00998. The summed E-state index contributed by atoms with van der Waals surface area (Å²) < 4.78 is 0. The molecule has 2 atom stereocenters. The van der Waals surface area contributed by atoms with Crippen molar-refractivity contribution in [1.82, 2.24) is 15.6 Å². The number of carbonyl (C=O) groups is 1. The van der Waals surface area contributed by atoms with E-state index in [1.165, 1.54) is 70.6 Å². The second-order valence-corrected chi connectivity index (χ2v) is 10.6. The van der Waals surface area contributed by atoms with Gasteiger partial charge in [0.05, 0.1) is 0 Å². The second kappa shape index (κ2) is 9.80. The van der Waals surface area contributed by atoms with Crippen molar-refractivity contribution in [1.29, 1.82) is 0 Å². The van der Waals surface area contributed by atoms with Crippen LogP contribution in [0.3, 0.4) is 0 Å². The molecule has 4 nitrogen and oxygen atoms in total. The van der Waals surface area contributed by atoms with E-state index in [4.69, 9.17) is 0 Å². The maximum atomic E-state index is 12.9. The molecule has 4 aliphatic rings. The summed E-state index contributed by atoms with van der Waals surface area (Å²) in [6.45, 7) is 3.42. The molecule has 30 heavy (non-hydrogen) atoms. The van der Waals surface area contributed by atoms with E-state index in [9.17, 15) is 4.79 Å². The smallest absolute Gasteiger partial charge is 0.270 e. The molecule has 1 heterocycles. The van der Waals surface area contributed by atoms with Crippen molar-refractivity contribution in [2.45, 2.75) is 108 Å². The Bertz CT molecular complexity index is 675. The first-order chi connectivity index (χ1) is 14.6. The average Bonchev–Trinajstić information content (AvgIpc) is 2.72. The third-order valence-corrected chi connectivity index (χ3v) is 7.87. The van der Waals surface area contributed by atoms with Gasteiger partial charge in [-0.1, -0.05) is 57.9 Å². The van der Waals surface area contributed by atoms with Gasteiger partial charge in [-0.15, -0.1) is 0 Å². The number of nitrogens with zero attached hydrogens (tertiary/aromatic N) is 1. The molecule has 2 unspecified atom stereocenters. The molecular weight excluding hydrogens is 370 g/mol. The second-order valence-electron chi connectivity index (χ2n) is 10.6. The van der Waals surface area contributed by atoms with Crippen LogP contribution in [0.5, 0.6) is 0 Å². The lowest BCUT2D eigenvalue weighted by Gasteiger charge is -2.62. The summed E-state index contributed by atoms with van der Waals surface area (Å²) in [6.07, 6.45) is 20.1. The van der Waals surface area contributed by atoms with Crippen molar-refractivity contribution in [3.05, 3.63) is 30.1 Å². The summed E-state index contributed by atoms with van der Waals surface area (Å²) in [7, 11) is 0. The molecule has 0 aliphatic heterocycles. The zero-order valence-corrected chi connectivity index (χ0v) is 18.9. The fraction of sp³-hybridized carbons (Fsp3) is 0.769. The first-order valence-corrected chi connectivity index (χ1v) is 12.6. The molecule has 1 aromatic rings. The van der Waals surface area contributed by atoms with E-state index in [-0.39, 0.29) is 17.0 Å². The number of carbonyl (C=O) groups excluding carboxylic acids is 1. The highest BCUT2D eigenvalue weighted by atomic mass is 16.2. The Morgan fingerprint density at radius 1 is 0.967 bits per heavy atom.